The molecule has 0 saturated heterocycles. The first-order valence-corrected chi connectivity index (χ1v) is 7.66. The minimum absolute atomic E-state index is 0.139. The van der Waals surface area contributed by atoms with E-state index >= 15 is 0 Å². The number of benzene rings is 1. The number of ether oxygens (including phenoxy) is 2. The van der Waals surface area contributed by atoms with Crippen molar-refractivity contribution in [2.24, 2.45) is 0 Å². The average molecular weight is 342 g/mol. The van der Waals surface area contributed by atoms with Crippen molar-refractivity contribution in [2.75, 3.05) is 13.2 Å². The Balaban J connectivity index is 2.39. The fraction of sp³-hybridized carbons (Fsp3) is 0.353. The molecule has 1 aromatic heterocycles. The van der Waals surface area contributed by atoms with Crippen LogP contribution in [0.4, 0.5) is 0 Å². The molecule has 8 nitrogen and oxygen atoms in total. The van der Waals surface area contributed by atoms with Crippen molar-refractivity contribution < 1.29 is 24.1 Å². The number of phenolic OH excluding ortho intramolecular Hbond substituents is 2. The maximum absolute atomic E-state index is 12.3. The fourth-order valence-corrected chi connectivity index (χ4v) is 3.08. The van der Waals surface area contributed by atoms with Gasteiger partial charge >= 0.3 is 5.63 Å². The lowest BCUT2D eigenvalue weighted by molar-refractivity contribution is 0.295. The van der Waals surface area contributed by atoms with Gasteiger partial charge in [0.1, 0.15) is 12.1 Å². The van der Waals surface area contributed by atoms with Crippen LogP contribution in [-0.4, -0.2) is 23.4 Å². The van der Waals surface area contributed by atoms with E-state index in [1.54, 1.807) is 12.1 Å². The Hall–Kier alpha value is -3.39. The number of phenols is 2. The predicted molar refractivity (Wildman–Crippen MR) is 84.7 cm³/mol. The number of rotatable bonds is 4. The zero-order chi connectivity index (χ0) is 18.0. The first-order valence-electron chi connectivity index (χ1n) is 7.66. The third-order valence-corrected chi connectivity index (χ3v) is 4.09. The van der Waals surface area contributed by atoms with Crippen LogP contribution in [0.25, 0.3) is 11.0 Å². The monoisotopic (exact) mass is 342 g/mol. The van der Waals surface area contributed by atoms with Crippen molar-refractivity contribution in [3.8, 4) is 35.1 Å². The van der Waals surface area contributed by atoms with Crippen LogP contribution in [0, 0.1) is 22.7 Å². The van der Waals surface area contributed by atoms with Gasteiger partial charge in [0, 0.05) is 5.56 Å². The molecule has 8 heteroatoms. The third kappa shape index (κ3) is 2.68. The number of hydrogen-bond donors (Lipinski definition) is 2. The Morgan fingerprint density at radius 3 is 2.20 bits per heavy atom. The van der Waals surface area contributed by atoms with Gasteiger partial charge in [0.15, 0.2) is 24.5 Å². The van der Waals surface area contributed by atoms with Crippen LogP contribution < -0.4 is 15.1 Å². The van der Waals surface area contributed by atoms with Crippen molar-refractivity contribution in [1.82, 2.24) is 0 Å². The molecule has 0 radical (unpaired) electrons. The second-order valence-corrected chi connectivity index (χ2v) is 5.51. The van der Waals surface area contributed by atoms with E-state index in [2.05, 4.69) is 0 Å². The van der Waals surface area contributed by atoms with E-state index in [0.29, 0.717) is 24.0 Å². The summed E-state index contributed by atoms with van der Waals surface area (Å²) in [6.45, 7) is -0.824. The van der Waals surface area contributed by atoms with Crippen LogP contribution in [-0.2, 0) is 12.8 Å². The van der Waals surface area contributed by atoms with Gasteiger partial charge in [0.05, 0.1) is 5.39 Å². The van der Waals surface area contributed by atoms with Crippen molar-refractivity contribution in [3.05, 3.63) is 21.5 Å². The van der Waals surface area contributed by atoms with E-state index in [1.165, 1.54) is 0 Å². The molecule has 0 atom stereocenters. The van der Waals surface area contributed by atoms with E-state index in [1.807, 2.05) is 0 Å². The molecule has 2 aromatic rings. The smallest absolute Gasteiger partial charge is 0.339 e. The molecule has 0 unspecified atom stereocenters. The third-order valence-electron chi connectivity index (χ3n) is 4.09. The second-order valence-electron chi connectivity index (χ2n) is 5.51. The summed E-state index contributed by atoms with van der Waals surface area (Å²) < 4.78 is 15.6. The molecule has 128 valence electrons. The van der Waals surface area contributed by atoms with E-state index in [-0.39, 0.29) is 22.5 Å². The summed E-state index contributed by atoms with van der Waals surface area (Å²) in [5.74, 6) is -1.67. The number of fused-ring (bicyclic) bond motifs is 3. The highest BCUT2D eigenvalue weighted by atomic mass is 16.5. The summed E-state index contributed by atoms with van der Waals surface area (Å²) in [4.78, 5) is 12.3. The molecule has 0 amide bonds. The first-order chi connectivity index (χ1) is 12.1. The molecule has 0 bridgehead atoms. The maximum Gasteiger partial charge on any atom is 0.339 e. The van der Waals surface area contributed by atoms with Crippen molar-refractivity contribution in [3.63, 3.8) is 0 Å². The minimum Gasteiger partial charge on any atom is -0.504 e. The van der Waals surface area contributed by atoms with Crippen LogP contribution in [0.3, 0.4) is 0 Å². The highest BCUT2D eigenvalue weighted by Crippen LogP contribution is 2.51. The van der Waals surface area contributed by atoms with Gasteiger partial charge in [-0.2, -0.15) is 10.5 Å². The summed E-state index contributed by atoms with van der Waals surface area (Å²) >= 11 is 0. The molecule has 1 aliphatic rings. The molecule has 1 heterocycles. The van der Waals surface area contributed by atoms with E-state index in [9.17, 15) is 15.0 Å². The van der Waals surface area contributed by atoms with Gasteiger partial charge in [-0.15, -0.1) is 0 Å². The van der Waals surface area contributed by atoms with Gasteiger partial charge in [-0.3, -0.25) is 0 Å². The molecule has 3 rings (SSSR count). The molecule has 25 heavy (non-hydrogen) atoms. The molecule has 1 aliphatic carbocycles. The molecule has 0 spiro atoms. The summed E-state index contributed by atoms with van der Waals surface area (Å²) in [6, 6.07) is 3.50. The standard InChI is InChI=1S/C17H14N2O6/c18-5-7-23-15-12(20)11-9-3-1-2-4-10(9)17(22)25-14(11)16(13(15)21)24-8-6-19/h20-21H,1-4,7-8H2. The quantitative estimate of drug-likeness (QED) is 0.804. The van der Waals surface area contributed by atoms with E-state index in [4.69, 9.17) is 24.4 Å². The predicted octanol–water partition coefficient (Wildman–Crippen LogP) is 1.89. The topological polar surface area (TPSA) is 137 Å². The van der Waals surface area contributed by atoms with Gasteiger partial charge in [0.2, 0.25) is 17.2 Å². The largest absolute Gasteiger partial charge is 0.504 e. The van der Waals surface area contributed by atoms with Crippen LogP contribution in [0.5, 0.6) is 23.0 Å². The molecule has 0 aliphatic heterocycles. The molecular weight excluding hydrogens is 328 g/mol. The summed E-state index contributed by atoms with van der Waals surface area (Å²) in [6.07, 6.45) is 2.73. The first kappa shape index (κ1) is 16.5. The highest BCUT2D eigenvalue weighted by Gasteiger charge is 2.29. The Morgan fingerprint density at radius 1 is 0.960 bits per heavy atom. The molecule has 2 N–H and O–H groups in total. The van der Waals surface area contributed by atoms with Crippen LogP contribution >= 0.6 is 0 Å². The highest BCUT2D eigenvalue weighted by molar-refractivity contribution is 5.97. The lowest BCUT2D eigenvalue weighted by Gasteiger charge is -2.20. The van der Waals surface area contributed by atoms with Gasteiger partial charge < -0.3 is 24.1 Å². The van der Waals surface area contributed by atoms with Crippen molar-refractivity contribution in [2.45, 2.75) is 25.7 Å². The fourth-order valence-electron chi connectivity index (χ4n) is 3.08. The number of aryl methyl sites for hydroxylation is 1. The number of nitriles is 2. The zero-order valence-electron chi connectivity index (χ0n) is 13.2. The normalized spacial score (nSPS) is 12.9. The maximum atomic E-state index is 12.3. The Kier molecular flexibility index (Phi) is 4.36. The van der Waals surface area contributed by atoms with Gasteiger partial charge in [-0.05, 0) is 31.2 Å². The van der Waals surface area contributed by atoms with Crippen molar-refractivity contribution in [1.29, 1.82) is 10.5 Å². The number of hydrogen-bond acceptors (Lipinski definition) is 8. The van der Waals surface area contributed by atoms with Gasteiger partial charge in [0.25, 0.3) is 0 Å². The average Bonchev–Trinajstić information content (AvgIpc) is 2.61. The lowest BCUT2D eigenvalue weighted by Crippen LogP contribution is -2.16. The van der Waals surface area contributed by atoms with Gasteiger partial charge in [-0.25, -0.2) is 4.79 Å². The molecule has 0 saturated carbocycles. The van der Waals surface area contributed by atoms with E-state index < -0.39 is 30.3 Å². The van der Waals surface area contributed by atoms with Crippen LogP contribution in [0.1, 0.15) is 24.0 Å². The molecule has 0 fully saturated rings. The van der Waals surface area contributed by atoms with Crippen molar-refractivity contribution >= 4 is 11.0 Å². The summed E-state index contributed by atoms with van der Waals surface area (Å²) in [7, 11) is 0. The second kappa shape index (κ2) is 6.62. The van der Waals surface area contributed by atoms with Crippen LogP contribution in [0.15, 0.2) is 9.21 Å². The summed E-state index contributed by atoms with van der Waals surface area (Å²) in [5, 5.41) is 38.5. The Morgan fingerprint density at radius 2 is 1.56 bits per heavy atom. The van der Waals surface area contributed by atoms with E-state index in [0.717, 1.165) is 12.8 Å². The zero-order valence-corrected chi connectivity index (χ0v) is 13.2. The Labute approximate surface area is 142 Å². The molecule has 1 aromatic carbocycles. The SMILES string of the molecule is N#CCOc1c(O)c(OCC#N)c2oc(=O)c3c(c2c1O)CCCC3. The number of aromatic hydroxyl groups is 2. The summed E-state index contributed by atoms with van der Waals surface area (Å²) in [5.41, 5.74) is 0.379. The molecular formula is C17H14N2O6. The lowest BCUT2D eigenvalue weighted by atomic mass is 9.90. The van der Waals surface area contributed by atoms with Gasteiger partial charge in [-0.1, -0.05) is 0 Å². The van der Waals surface area contributed by atoms with Crippen LogP contribution in [0.2, 0.25) is 0 Å². The minimum atomic E-state index is -0.630. The number of nitrogens with zero attached hydrogens (tertiary/aromatic N) is 2. The Bertz CT molecular complexity index is 980.